The van der Waals surface area contributed by atoms with E-state index in [0.717, 1.165) is 16.0 Å². The van der Waals surface area contributed by atoms with Gasteiger partial charge in [0.15, 0.2) is 5.72 Å². The first-order valence-corrected chi connectivity index (χ1v) is 31.3. The molecule has 31 heteroatoms. The molecule has 0 aromatic heterocycles. The van der Waals surface area contributed by atoms with Gasteiger partial charge in [-0.25, -0.2) is 19.2 Å². The second kappa shape index (κ2) is 34.4. The normalized spacial score (nSPS) is 24.1. The lowest BCUT2D eigenvalue weighted by atomic mass is 9.83. The van der Waals surface area contributed by atoms with Gasteiger partial charge in [0.2, 0.25) is 17.7 Å². The molecule has 0 saturated carbocycles. The van der Waals surface area contributed by atoms with Crippen LogP contribution < -0.4 is 52.0 Å². The highest BCUT2D eigenvalue weighted by Crippen LogP contribution is 2.49. The van der Waals surface area contributed by atoms with Crippen molar-refractivity contribution in [3.05, 3.63) is 70.3 Å². The molecule has 9 N–H and O–H groups in total. The highest BCUT2D eigenvalue weighted by atomic mass is 35.5. The molecule has 10 atom stereocenters. The Morgan fingerprint density at radius 2 is 1.64 bits per heavy atom. The summed E-state index contributed by atoms with van der Waals surface area (Å²) < 4.78 is 46.2. The van der Waals surface area contributed by atoms with Crippen LogP contribution in [0.4, 0.5) is 21.0 Å². The molecule has 4 aliphatic rings. The van der Waals surface area contributed by atoms with E-state index in [2.05, 4.69) is 31.9 Å². The molecule has 0 unspecified atom stereocenters. The van der Waals surface area contributed by atoms with E-state index in [1.807, 2.05) is 13.0 Å². The van der Waals surface area contributed by atoms with Gasteiger partial charge in [0.25, 0.3) is 17.7 Å². The van der Waals surface area contributed by atoms with Gasteiger partial charge in [0, 0.05) is 72.2 Å². The number of primary amides is 1. The molecule has 94 heavy (non-hydrogen) atoms. The number of nitrogens with two attached hydrogens (primary N) is 1. The number of allylic oxidation sites excluding steroid dienone is 3. The van der Waals surface area contributed by atoms with Crippen LogP contribution >= 0.6 is 11.6 Å². The quantitative estimate of drug-likeness (QED) is 0.0191. The number of amides is 9. The van der Waals surface area contributed by atoms with Crippen LogP contribution in [0.5, 0.6) is 11.5 Å². The van der Waals surface area contributed by atoms with Crippen molar-refractivity contribution in [1.29, 1.82) is 0 Å². The summed E-state index contributed by atoms with van der Waals surface area (Å²) in [5, 5.41) is 29.4. The number of esters is 1. The highest BCUT2D eigenvalue weighted by molar-refractivity contribution is 6.35. The van der Waals surface area contributed by atoms with Crippen LogP contribution in [0.3, 0.4) is 0 Å². The van der Waals surface area contributed by atoms with Crippen molar-refractivity contribution in [3.8, 4) is 11.5 Å². The molecule has 4 heterocycles. The summed E-state index contributed by atoms with van der Waals surface area (Å²) in [7, 11) is 7.07. The van der Waals surface area contributed by atoms with Crippen molar-refractivity contribution < 1.29 is 95.8 Å². The number of likely N-dealkylation sites (N-methyl/N-ethyl adjacent to an activating group) is 1. The average molecular weight is 1340 g/mol. The third-order valence-corrected chi connectivity index (χ3v) is 17.0. The van der Waals surface area contributed by atoms with E-state index in [4.69, 9.17) is 60.1 Å². The number of fused-ring (bicyclic) bond motifs is 5. The van der Waals surface area contributed by atoms with Gasteiger partial charge in [-0.1, -0.05) is 56.2 Å². The fourth-order valence-corrected chi connectivity index (χ4v) is 11.2. The lowest BCUT2D eigenvalue weighted by Gasteiger charge is -2.42. The molecule has 0 radical (unpaired) electrons. The minimum atomic E-state index is -1.94. The first-order chi connectivity index (χ1) is 44.5. The first kappa shape index (κ1) is 75.1. The molecular weight excluding hydrogens is 1250 g/mol. The number of methoxy groups -OCH3 is 3. The molecule has 518 valence electrons. The van der Waals surface area contributed by atoms with Crippen LogP contribution in [0.1, 0.15) is 102 Å². The zero-order chi connectivity index (χ0) is 69.2. The monoisotopic (exact) mass is 1340 g/mol. The number of ether oxygens (including phenoxy) is 8. The Hall–Kier alpha value is -7.97. The maximum Gasteiger partial charge on any atom is 0.409 e. The second-order valence-electron chi connectivity index (χ2n) is 23.8. The van der Waals surface area contributed by atoms with Crippen LogP contribution in [0, 0.1) is 11.8 Å². The molecule has 2 aromatic rings. The van der Waals surface area contributed by atoms with Crippen molar-refractivity contribution in [1.82, 2.24) is 36.5 Å². The minimum Gasteiger partial charge on any atom is -0.497 e. The summed E-state index contributed by atoms with van der Waals surface area (Å²) in [4.78, 5) is 140. The Morgan fingerprint density at radius 3 is 2.30 bits per heavy atom. The van der Waals surface area contributed by atoms with E-state index < -0.39 is 126 Å². The fraction of sp³-hybridized carbons (Fsp3) is 0.587. The standard InChI is InChI=1S/C63H89ClN10O20/c1-35(2)54(68-34-66-23-25-90-27-26-89-24-21-52(78)94-74-49(75)19-20-50(74)76)57(80)69-42(15-13-22-67-60(65)83)56(79)70-43-31-40(86-9)17-18-41(43)58(81)72(7)38(5)59(82)92-48-32-51(77)73(8)44-29-39(30-45(87-10)53(44)64)28-36(3)14-12-16-47(88-11)63(85)33-46(91-61(84)71-63)37(4)55-62(48,6)93-55/h12,14,16-18,29-31,35,37-38,42,46-48,54-55,66,68,85H,13,15,19-28,32-34H2,1-11H3,(H,69,80)(H,70,79)(H,71,84)(H3,65,67,83)/b16-12+,36-14+/t37-,38+,42+,46+,47-,48+,54+,55+,62+,63+/m1/s1. The van der Waals surface area contributed by atoms with Gasteiger partial charge in [-0.3, -0.25) is 39.4 Å². The second-order valence-corrected chi connectivity index (χ2v) is 24.2. The van der Waals surface area contributed by atoms with Crippen molar-refractivity contribution in [2.24, 2.45) is 17.6 Å². The molecule has 4 aliphatic heterocycles. The van der Waals surface area contributed by atoms with Gasteiger partial charge < -0.3 is 84.6 Å². The molecule has 30 nitrogen and oxygen atoms in total. The SMILES string of the molecule is COc1ccc(C(=O)N(C)[C@@H](C)C(=O)O[C@H]2CC(=O)N(C)c3cc(cc(OC)c3Cl)C/C(C)=C/C=C/[C@@H](OC)[C@@]3(O)C[C@H](OC(=O)N3)[C@@H](C)[C@@H]3O[C@@]23C)c(NC(=O)[C@H](CCCNC(N)=O)NC(=O)[C@@H](NCNCCOCCOCCC(=O)ON2C(=O)CCC2=O)C(C)C)c1. The summed E-state index contributed by atoms with van der Waals surface area (Å²) >= 11 is 6.88. The van der Waals surface area contributed by atoms with Gasteiger partial charge in [0.05, 0.1) is 82.6 Å². The Kier molecular flexibility index (Phi) is 27.5. The lowest BCUT2D eigenvalue weighted by molar-refractivity contribution is -0.198. The Balaban J connectivity index is 1.14. The molecule has 3 saturated heterocycles. The number of urea groups is 1. The predicted octanol–water partition coefficient (Wildman–Crippen LogP) is 2.90. The van der Waals surface area contributed by atoms with Crippen molar-refractivity contribution >= 4 is 82.5 Å². The van der Waals surface area contributed by atoms with E-state index >= 15 is 0 Å². The molecular formula is C63H89ClN10O20. The number of rotatable bonds is 29. The van der Waals surface area contributed by atoms with Crippen molar-refractivity contribution in [2.75, 3.05) is 91.8 Å². The largest absolute Gasteiger partial charge is 0.497 e. The van der Waals surface area contributed by atoms with Crippen molar-refractivity contribution in [3.63, 3.8) is 0 Å². The topological polar surface area (TPSA) is 385 Å². The van der Waals surface area contributed by atoms with Crippen LogP contribution in [0.2, 0.25) is 5.02 Å². The zero-order valence-corrected chi connectivity index (χ0v) is 55.7. The molecule has 4 bridgehead atoms. The van der Waals surface area contributed by atoms with Crippen LogP contribution in [-0.2, 0) is 73.2 Å². The Bertz CT molecular complexity index is 3140. The number of alkyl carbamates (subject to hydrolysis) is 1. The highest BCUT2D eigenvalue weighted by Gasteiger charge is 2.64. The minimum absolute atomic E-state index is 0.00749. The third kappa shape index (κ3) is 20.0. The summed E-state index contributed by atoms with van der Waals surface area (Å²) in [6.45, 7) is 11.4. The number of aliphatic hydroxyl groups is 1. The Labute approximate surface area is 550 Å². The Morgan fingerprint density at radius 1 is 0.936 bits per heavy atom. The summed E-state index contributed by atoms with van der Waals surface area (Å²) in [6, 6.07) is 3.47. The fourth-order valence-electron chi connectivity index (χ4n) is 10.9. The molecule has 3 fully saturated rings. The van der Waals surface area contributed by atoms with Crippen LogP contribution in [0.15, 0.2) is 54.1 Å². The van der Waals surface area contributed by atoms with Crippen LogP contribution in [-0.4, -0.2) is 210 Å². The number of epoxide rings is 1. The predicted molar refractivity (Wildman–Crippen MR) is 339 cm³/mol. The van der Waals surface area contributed by atoms with E-state index in [9.17, 15) is 53.1 Å². The van der Waals surface area contributed by atoms with Gasteiger partial charge in [-0.2, -0.15) is 0 Å². The molecule has 6 rings (SSSR count). The maximum absolute atomic E-state index is 14.7. The number of halogens is 1. The first-order valence-electron chi connectivity index (χ1n) is 30.9. The van der Waals surface area contributed by atoms with Crippen molar-refractivity contribution in [2.45, 2.75) is 147 Å². The van der Waals surface area contributed by atoms with Gasteiger partial charge in [-0.05, 0) is 75.8 Å². The number of carbonyl (C=O) groups is 10. The van der Waals surface area contributed by atoms with Gasteiger partial charge >= 0.3 is 24.1 Å². The van der Waals surface area contributed by atoms with Crippen LogP contribution in [0.25, 0.3) is 0 Å². The summed E-state index contributed by atoms with van der Waals surface area (Å²) in [6.07, 6.45) is -0.280. The number of hydroxylamine groups is 2. The molecule has 2 aromatic carbocycles. The number of hydrogen-bond donors (Lipinski definition) is 8. The number of anilines is 2. The third-order valence-electron chi connectivity index (χ3n) is 16.6. The average Bonchev–Trinajstić information content (AvgIpc) is 1.57. The van der Waals surface area contributed by atoms with E-state index in [1.165, 1.54) is 65.4 Å². The van der Waals surface area contributed by atoms with E-state index in [1.54, 1.807) is 52.0 Å². The van der Waals surface area contributed by atoms with E-state index in [-0.39, 0.29) is 106 Å². The number of nitrogens with one attached hydrogen (secondary N) is 6. The number of hydrogen-bond acceptors (Lipinski definition) is 22. The summed E-state index contributed by atoms with van der Waals surface area (Å²) in [5.41, 5.74) is 3.67. The molecule has 9 amide bonds. The molecule has 0 spiro atoms. The summed E-state index contributed by atoms with van der Waals surface area (Å²) in [5.74, 6) is -5.97. The van der Waals surface area contributed by atoms with E-state index in [0.29, 0.717) is 29.5 Å². The maximum atomic E-state index is 14.7. The number of benzene rings is 2. The van der Waals surface area contributed by atoms with Gasteiger partial charge in [-0.15, -0.1) is 5.06 Å². The zero-order valence-electron chi connectivity index (χ0n) is 54.9. The smallest absolute Gasteiger partial charge is 0.409 e. The number of imide groups is 1. The van der Waals surface area contributed by atoms with Gasteiger partial charge in [0.1, 0.15) is 52.5 Å². The lowest BCUT2D eigenvalue weighted by Crippen LogP contribution is -2.63. The number of carbonyl (C=O) groups excluding carboxylic acids is 10. The molecule has 0 aliphatic carbocycles. The number of nitrogens with zero attached hydrogens (tertiary/aromatic N) is 3.